The number of hydrogen-bond donors (Lipinski definition) is 1. The van der Waals surface area contributed by atoms with E-state index in [2.05, 4.69) is 0 Å². The van der Waals surface area contributed by atoms with E-state index in [1.54, 1.807) is 18.2 Å². The minimum absolute atomic E-state index is 0.00770. The Morgan fingerprint density at radius 2 is 1.89 bits per heavy atom. The predicted molar refractivity (Wildman–Crippen MR) is 68.7 cm³/mol. The smallest absolute Gasteiger partial charge is 0.269 e. The van der Waals surface area contributed by atoms with Gasteiger partial charge in [-0.15, -0.1) is 0 Å². The molecule has 0 aliphatic rings. The van der Waals surface area contributed by atoms with Crippen LogP contribution >= 0.6 is 0 Å². The molecule has 0 aliphatic carbocycles. The van der Waals surface area contributed by atoms with Gasteiger partial charge in [0.25, 0.3) is 5.69 Å². The van der Waals surface area contributed by atoms with Crippen molar-refractivity contribution in [3.63, 3.8) is 0 Å². The Hall–Kier alpha value is -2.89. The fourth-order valence-electron chi connectivity index (χ4n) is 1.39. The number of non-ortho nitro benzene ring substituents is 1. The monoisotopic (exact) mass is 259 g/mol. The van der Waals surface area contributed by atoms with Crippen LogP contribution in [-0.2, 0) is 0 Å². The molecule has 1 aromatic carbocycles. The van der Waals surface area contributed by atoms with Gasteiger partial charge in [0.15, 0.2) is 5.75 Å². The number of nitro benzene ring substituents is 1. The molecule has 1 heterocycles. The zero-order chi connectivity index (χ0) is 13.8. The highest BCUT2D eigenvalue weighted by atomic mass is 16.6. The van der Waals surface area contributed by atoms with Crippen LogP contribution in [0.15, 0.2) is 45.8 Å². The molecule has 0 unspecified atom stereocenters. The van der Waals surface area contributed by atoms with Crippen LogP contribution in [0.4, 0.5) is 5.69 Å². The van der Waals surface area contributed by atoms with E-state index < -0.39 is 16.1 Å². The molecule has 0 radical (unpaired) electrons. The van der Waals surface area contributed by atoms with Gasteiger partial charge in [0.05, 0.1) is 4.92 Å². The van der Waals surface area contributed by atoms with Crippen LogP contribution in [-0.4, -0.2) is 10.0 Å². The van der Waals surface area contributed by atoms with Gasteiger partial charge >= 0.3 is 0 Å². The van der Waals surface area contributed by atoms with E-state index in [4.69, 9.17) is 9.52 Å². The Morgan fingerprint density at radius 1 is 1.21 bits per heavy atom. The number of hydrogen-bond acceptors (Lipinski definition) is 5. The molecular weight excluding hydrogens is 250 g/mol. The summed E-state index contributed by atoms with van der Waals surface area (Å²) in [5.41, 5.74) is 0.198. The van der Waals surface area contributed by atoms with Crippen LogP contribution in [0, 0.1) is 10.1 Å². The number of aromatic hydroxyl groups is 1. The van der Waals surface area contributed by atoms with Crippen LogP contribution in [0.1, 0.15) is 11.3 Å². The van der Waals surface area contributed by atoms with E-state index >= 15 is 0 Å². The van der Waals surface area contributed by atoms with Crippen LogP contribution in [0.2, 0.25) is 0 Å². The first kappa shape index (κ1) is 12.6. The van der Waals surface area contributed by atoms with Gasteiger partial charge in [0, 0.05) is 18.2 Å². The summed E-state index contributed by atoms with van der Waals surface area (Å²) in [6.45, 7) is 0. The average Bonchev–Trinajstić information content (AvgIpc) is 2.40. The van der Waals surface area contributed by atoms with E-state index in [9.17, 15) is 14.9 Å². The van der Waals surface area contributed by atoms with Gasteiger partial charge in [-0.2, -0.15) is 0 Å². The molecule has 0 aliphatic heterocycles. The van der Waals surface area contributed by atoms with Gasteiger partial charge in [-0.3, -0.25) is 14.9 Å². The summed E-state index contributed by atoms with van der Waals surface area (Å²) in [4.78, 5) is 21.1. The second kappa shape index (κ2) is 5.18. The van der Waals surface area contributed by atoms with Gasteiger partial charge in [-0.05, 0) is 23.8 Å². The fraction of sp³-hybridized carbons (Fsp3) is 0. The molecule has 1 N–H and O–H groups in total. The summed E-state index contributed by atoms with van der Waals surface area (Å²) in [6.07, 6.45) is 4.12. The molecule has 0 saturated carbocycles. The third-order valence-electron chi connectivity index (χ3n) is 2.38. The molecule has 96 valence electrons. The zero-order valence-corrected chi connectivity index (χ0v) is 9.65. The van der Waals surface area contributed by atoms with Crippen LogP contribution < -0.4 is 5.43 Å². The number of nitrogens with zero attached hydrogens (tertiary/aromatic N) is 1. The standard InChI is InChI=1S/C13H9NO5/c15-12-7-11(19-8-13(12)16)6-3-9-1-4-10(5-2-9)14(17)18/h1-8,16H/b6-3+. The second-order valence-corrected chi connectivity index (χ2v) is 3.71. The lowest BCUT2D eigenvalue weighted by molar-refractivity contribution is -0.384. The molecule has 0 spiro atoms. The van der Waals surface area contributed by atoms with Gasteiger partial charge in [-0.25, -0.2) is 0 Å². The average molecular weight is 259 g/mol. The van der Waals surface area contributed by atoms with E-state index in [1.807, 2.05) is 0 Å². The van der Waals surface area contributed by atoms with Crippen molar-refractivity contribution in [2.24, 2.45) is 0 Å². The maximum atomic E-state index is 11.2. The summed E-state index contributed by atoms with van der Waals surface area (Å²) in [6, 6.07) is 7.07. The molecule has 2 rings (SSSR count). The molecule has 0 atom stereocenters. The van der Waals surface area contributed by atoms with Crippen LogP contribution in [0.5, 0.6) is 5.75 Å². The molecule has 0 amide bonds. The lowest BCUT2D eigenvalue weighted by Gasteiger charge is -1.95. The summed E-state index contributed by atoms with van der Waals surface area (Å²) < 4.78 is 4.98. The topological polar surface area (TPSA) is 93.6 Å². The highest BCUT2D eigenvalue weighted by molar-refractivity contribution is 5.67. The molecular formula is C13H9NO5. The molecule has 2 aromatic rings. The van der Waals surface area contributed by atoms with E-state index in [1.165, 1.54) is 18.2 Å². The maximum absolute atomic E-state index is 11.2. The van der Waals surface area contributed by atoms with Crippen molar-refractivity contribution in [3.05, 3.63) is 68.3 Å². The van der Waals surface area contributed by atoms with Gasteiger partial charge in [0.2, 0.25) is 5.43 Å². The van der Waals surface area contributed by atoms with Crippen molar-refractivity contribution < 1.29 is 14.4 Å². The Labute approximate surface area is 107 Å². The van der Waals surface area contributed by atoms with Crippen molar-refractivity contribution in [2.75, 3.05) is 0 Å². The van der Waals surface area contributed by atoms with Gasteiger partial charge < -0.3 is 9.52 Å². The molecule has 6 heteroatoms. The number of benzene rings is 1. The first-order chi connectivity index (χ1) is 9.06. The Balaban J connectivity index is 2.20. The number of nitro groups is 1. The maximum Gasteiger partial charge on any atom is 0.269 e. The van der Waals surface area contributed by atoms with Crippen LogP contribution in [0.3, 0.4) is 0 Å². The highest BCUT2D eigenvalue weighted by Crippen LogP contribution is 2.14. The summed E-state index contributed by atoms with van der Waals surface area (Å²) in [5.74, 6) is -0.173. The Morgan fingerprint density at radius 3 is 2.47 bits per heavy atom. The van der Waals surface area contributed by atoms with Crippen molar-refractivity contribution in [1.82, 2.24) is 0 Å². The van der Waals surface area contributed by atoms with Crippen molar-refractivity contribution >= 4 is 17.8 Å². The molecule has 1 aromatic heterocycles. The highest BCUT2D eigenvalue weighted by Gasteiger charge is 2.02. The lowest BCUT2D eigenvalue weighted by Crippen LogP contribution is -1.97. The van der Waals surface area contributed by atoms with Gasteiger partial charge in [-0.1, -0.05) is 6.08 Å². The molecule has 0 bridgehead atoms. The van der Waals surface area contributed by atoms with Crippen molar-refractivity contribution in [2.45, 2.75) is 0 Å². The summed E-state index contributed by atoms with van der Waals surface area (Å²) in [7, 11) is 0. The van der Waals surface area contributed by atoms with Crippen LogP contribution in [0.25, 0.3) is 12.2 Å². The first-order valence-electron chi connectivity index (χ1n) is 5.30. The minimum Gasteiger partial charge on any atom is -0.502 e. The third-order valence-corrected chi connectivity index (χ3v) is 2.38. The van der Waals surface area contributed by atoms with E-state index in [0.29, 0.717) is 0 Å². The van der Waals surface area contributed by atoms with Crippen molar-refractivity contribution in [1.29, 1.82) is 0 Å². The largest absolute Gasteiger partial charge is 0.502 e. The molecule has 0 saturated heterocycles. The second-order valence-electron chi connectivity index (χ2n) is 3.71. The van der Waals surface area contributed by atoms with E-state index in [-0.39, 0.29) is 11.4 Å². The van der Waals surface area contributed by atoms with Crippen molar-refractivity contribution in [3.8, 4) is 5.75 Å². The lowest BCUT2D eigenvalue weighted by atomic mass is 10.2. The predicted octanol–water partition coefficient (Wildman–Crippen LogP) is 2.42. The first-order valence-corrected chi connectivity index (χ1v) is 5.30. The Kier molecular flexibility index (Phi) is 3.42. The molecule has 6 nitrogen and oxygen atoms in total. The van der Waals surface area contributed by atoms with E-state index in [0.717, 1.165) is 17.9 Å². The minimum atomic E-state index is -0.533. The third kappa shape index (κ3) is 3.06. The molecule has 0 fully saturated rings. The number of rotatable bonds is 3. The summed E-state index contributed by atoms with van der Waals surface area (Å²) in [5, 5.41) is 19.5. The SMILES string of the molecule is O=c1cc(/C=C/c2ccc([N+](=O)[O-])cc2)occ1O. The molecule has 19 heavy (non-hydrogen) atoms. The normalized spacial score (nSPS) is 10.7. The quantitative estimate of drug-likeness (QED) is 0.674. The Bertz CT molecular complexity index is 685. The van der Waals surface area contributed by atoms with Gasteiger partial charge in [0.1, 0.15) is 12.0 Å². The zero-order valence-electron chi connectivity index (χ0n) is 9.65. The summed E-state index contributed by atoms with van der Waals surface area (Å²) >= 11 is 0. The fourth-order valence-corrected chi connectivity index (χ4v) is 1.39.